The molecule has 1 heterocycles. The zero-order chi connectivity index (χ0) is 22.2. The first-order valence-corrected chi connectivity index (χ1v) is 10.7. The highest BCUT2D eigenvalue weighted by molar-refractivity contribution is 8.18. The van der Waals surface area contributed by atoms with Crippen LogP contribution in [0, 0.1) is 5.41 Å². The summed E-state index contributed by atoms with van der Waals surface area (Å²) in [5.74, 6) is 1.82. The maximum absolute atomic E-state index is 12.9. The Labute approximate surface area is 186 Å². The van der Waals surface area contributed by atoms with Gasteiger partial charge in [0.2, 0.25) is 0 Å². The van der Waals surface area contributed by atoms with Crippen LogP contribution >= 0.6 is 11.8 Å². The molecule has 0 radical (unpaired) electrons. The number of nitrogens with zero attached hydrogens (tertiary/aromatic N) is 2. The maximum Gasteiger partial charge on any atom is 0.266 e. The highest BCUT2D eigenvalue weighted by Gasteiger charge is 2.32. The molecule has 162 valence electrons. The minimum Gasteiger partial charge on any atom is -0.497 e. The van der Waals surface area contributed by atoms with E-state index in [1.54, 1.807) is 18.1 Å². The number of rotatable bonds is 9. The average Bonchev–Trinajstić information content (AvgIpc) is 3.07. The van der Waals surface area contributed by atoms with Crippen LogP contribution in [0.2, 0.25) is 0 Å². The molecule has 1 saturated heterocycles. The van der Waals surface area contributed by atoms with Crippen molar-refractivity contribution in [2.24, 2.45) is 4.99 Å². The number of nitrogens with one attached hydrogen (secondary N) is 1. The molecule has 31 heavy (non-hydrogen) atoms. The summed E-state index contributed by atoms with van der Waals surface area (Å²) in [6, 6.07) is 12.9. The SMILES string of the molecule is CCOc1cc(/C=C2\SC(=Nc3ccc(OC)cc3)N(CC)C2=O)ccc1OCC=N. The minimum absolute atomic E-state index is 0.0816. The molecular formula is C23H25N3O4S. The second-order valence-corrected chi connectivity index (χ2v) is 7.42. The van der Waals surface area contributed by atoms with Gasteiger partial charge in [-0.1, -0.05) is 6.07 Å². The van der Waals surface area contributed by atoms with Crippen molar-refractivity contribution in [2.75, 3.05) is 26.9 Å². The normalized spacial score (nSPS) is 16.1. The number of carbonyl (C=O) groups is 1. The van der Waals surface area contributed by atoms with Gasteiger partial charge in [-0.3, -0.25) is 9.69 Å². The molecule has 1 amide bonds. The Morgan fingerprint density at radius 1 is 1.10 bits per heavy atom. The number of carbonyl (C=O) groups excluding carboxylic acids is 1. The molecule has 0 aliphatic carbocycles. The first-order chi connectivity index (χ1) is 15.1. The predicted octanol–water partition coefficient (Wildman–Crippen LogP) is 4.75. The van der Waals surface area contributed by atoms with Gasteiger partial charge in [0.15, 0.2) is 16.7 Å². The fourth-order valence-electron chi connectivity index (χ4n) is 2.92. The van der Waals surface area contributed by atoms with Crippen LogP contribution in [-0.2, 0) is 4.79 Å². The Morgan fingerprint density at radius 2 is 1.87 bits per heavy atom. The van der Waals surface area contributed by atoms with Gasteiger partial charge in [-0.05, 0) is 73.6 Å². The molecule has 1 aliphatic heterocycles. The maximum atomic E-state index is 12.9. The number of hydrogen-bond acceptors (Lipinski definition) is 7. The highest BCUT2D eigenvalue weighted by Crippen LogP contribution is 2.36. The van der Waals surface area contributed by atoms with Gasteiger partial charge in [-0.25, -0.2) is 4.99 Å². The second kappa shape index (κ2) is 10.7. The van der Waals surface area contributed by atoms with Gasteiger partial charge >= 0.3 is 0 Å². The quantitative estimate of drug-likeness (QED) is 0.450. The highest BCUT2D eigenvalue weighted by atomic mass is 32.2. The van der Waals surface area contributed by atoms with Crippen LogP contribution < -0.4 is 14.2 Å². The lowest BCUT2D eigenvalue weighted by atomic mass is 10.2. The van der Waals surface area contributed by atoms with Crippen molar-refractivity contribution in [1.82, 2.24) is 4.90 Å². The zero-order valence-corrected chi connectivity index (χ0v) is 18.6. The van der Waals surface area contributed by atoms with Crippen molar-refractivity contribution in [3.8, 4) is 17.2 Å². The zero-order valence-electron chi connectivity index (χ0n) is 17.8. The molecule has 1 fully saturated rings. The van der Waals surface area contributed by atoms with Crippen LogP contribution in [0.1, 0.15) is 19.4 Å². The fourth-order valence-corrected chi connectivity index (χ4v) is 3.98. The van der Waals surface area contributed by atoms with E-state index in [-0.39, 0.29) is 12.5 Å². The number of aliphatic imine (C=N–C) groups is 1. The van der Waals surface area contributed by atoms with Crippen LogP contribution in [0.15, 0.2) is 52.4 Å². The van der Waals surface area contributed by atoms with Crippen molar-refractivity contribution in [3.63, 3.8) is 0 Å². The van der Waals surface area contributed by atoms with E-state index in [2.05, 4.69) is 4.99 Å². The van der Waals surface area contributed by atoms with Crippen LogP contribution in [0.5, 0.6) is 17.2 Å². The molecule has 7 nitrogen and oxygen atoms in total. The van der Waals surface area contributed by atoms with E-state index in [0.29, 0.717) is 34.7 Å². The van der Waals surface area contributed by atoms with Crippen molar-refractivity contribution >= 4 is 40.8 Å². The molecule has 2 aromatic rings. The van der Waals surface area contributed by atoms with Crippen LogP contribution in [0.3, 0.4) is 0 Å². The summed E-state index contributed by atoms with van der Waals surface area (Å²) < 4.78 is 16.4. The third-order valence-electron chi connectivity index (χ3n) is 4.39. The van der Waals surface area contributed by atoms with E-state index in [4.69, 9.17) is 19.6 Å². The molecule has 0 unspecified atom stereocenters. The third kappa shape index (κ3) is 5.46. The van der Waals surface area contributed by atoms with Gasteiger partial charge in [-0.15, -0.1) is 0 Å². The molecule has 0 bridgehead atoms. The largest absolute Gasteiger partial charge is 0.497 e. The summed E-state index contributed by atoms with van der Waals surface area (Å²) in [6.07, 6.45) is 3.01. The van der Waals surface area contributed by atoms with Gasteiger partial charge in [0.25, 0.3) is 5.91 Å². The number of methoxy groups -OCH3 is 1. The van der Waals surface area contributed by atoms with Crippen molar-refractivity contribution in [3.05, 3.63) is 52.9 Å². The number of ether oxygens (including phenoxy) is 3. The van der Waals surface area contributed by atoms with Gasteiger partial charge < -0.3 is 19.6 Å². The Balaban J connectivity index is 1.88. The van der Waals surface area contributed by atoms with Crippen molar-refractivity contribution < 1.29 is 19.0 Å². The second-order valence-electron chi connectivity index (χ2n) is 6.41. The van der Waals surface area contributed by atoms with E-state index in [0.717, 1.165) is 17.0 Å². The number of benzene rings is 2. The molecule has 1 N–H and O–H groups in total. The summed E-state index contributed by atoms with van der Waals surface area (Å²) in [5.41, 5.74) is 1.57. The monoisotopic (exact) mass is 439 g/mol. The Hall–Kier alpha value is -3.26. The van der Waals surface area contributed by atoms with Crippen LogP contribution in [0.4, 0.5) is 5.69 Å². The molecule has 3 rings (SSSR count). The summed E-state index contributed by atoms with van der Waals surface area (Å²) in [4.78, 5) is 19.8. The lowest BCUT2D eigenvalue weighted by Crippen LogP contribution is -2.28. The average molecular weight is 440 g/mol. The molecule has 2 aromatic carbocycles. The first-order valence-electron chi connectivity index (χ1n) is 9.92. The van der Waals surface area contributed by atoms with E-state index >= 15 is 0 Å². The standard InChI is InChI=1S/C23H25N3O4S/c1-4-26-22(27)21(31-23(26)25-17-7-9-18(28-3)10-8-17)15-16-6-11-19(30-13-12-24)20(14-16)29-5-2/h6-12,14-15,24H,4-5,13H2,1-3H3/b21-15-,24-12?,25-23?. The molecule has 0 saturated carbocycles. The van der Waals surface area contributed by atoms with Gasteiger partial charge in [0.1, 0.15) is 12.4 Å². The minimum atomic E-state index is -0.0816. The van der Waals surface area contributed by atoms with Gasteiger partial charge in [0.05, 0.1) is 24.3 Å². The fraction of sp³-hybridized carbons (Fsp3) is 0.261. The smallest absolute Gasteiger partial charge is 0.266 e. The number of amidine groups is 1. The van der Waals surface area contributed by atoms with E-state index in [1.807, 2.05) is 56.3 Å². The van der Waals surface area contributed by atoms with E-state index in [1.165, 1.54) is 18.0 Å². The molecule has 8 heteroatoms. The molecular weight excluding hydrogens is 414 g/mol. The molecule has 1 aliphatic rings. The Kier molecular flexibility index (Phi) is 7.72. The summed E-state index contributed by atoms with van der Waals surface area (Å²) in [5, 5.41) is 7.77. The number of amides is 1. The topological polar surface area (TPSA) is 84.2 Å². The summed E-state index contributed by atoms with van der Waals surface area (Å²) in [6.45, 7) is 5.00. The van der Waals surface area contributed by atoms with E-state index in [9.17, 15) is 4.79 Å². The first kappa shape index (κ1) is 22.4. The predicted molar refractivity (Wildman–Crippen MR) is 125 cm³/mol. The molecule has 0 spiro atoms. The van der Waals surface area contributed by atoms with Crippen molar-refractivity contribution in [1.29, 1.82) is 5.41 Å². The van der Waals surface area contributed by atoms with Crippen LogP contribution in [0.25, 0.3) is 6.08 Å². The lowest BCUT2D eigenvalue weighted by Gasteiger charge is -2.12. The Morgan fingerprint density at radius 3 is 2.52 bits per heavy atom. The van der Waals surface area contributed by atoms with Gasteiger partial charge in [0, 0.05) is 12.8 Å². The van der Waals surface area contributed by atoms with Crippen LogP contribution in [-0.4, -0.2) is 49.1 Å². The van der Waals surface area contributed by atoms with Crippen molar-refractivity contribution in [2.45, 2.75) is 13.8 Å². The Bertz CT molecular complexity index is 1000. The van der Waals surface area contributed by atoms with Gasteiger partial charge in [-0.2, -0.15) is 0 Å². The summed E-state index contributed by atoms with van der Waals surface area (Å²) in [7, 11) is 1.62. The number of hydrogen-bond donors (Lipinski definition) is 1. The summed E-state index contributed by atoms with van der Waals surface area (Å²) >= 11 is 1.34. The lowest BCUT2D eigenvalue weighted by molar-refractivity contribution is -0.122. The number of thioether (sulfide) groups is 1. The number of likely N-dealkylation sites (N-methyl/N-ethyl adjacent to an activating group) is 1. The third-order valence-corrected chi connectivity index (χ3v) is 5.40. The van der Waals surface area contributed by atoms with E-state index < -0.39 is 0 Å². The molecule has 0 aromatic heterocycles. The molecule has 0 atom stereocenters.